The molecular weight excluding hydrogens is 467 g/mol. The van der Waals surface area contributed by atoms with Crippen molar-refractivity contribution < 1.29 is 14.4 Å². The van der Waals surface area contributed by atoms with E-state index < -0.39 is 5.25 Å². The molecule has 0 bridgehead atoms. The third-order valence-electron chi connectivity index (χ3n) is 4.87. The molecule has 8 heteroatoms. The second kappa shape index (κ2) is 9.77. The van der Waals surface area contributed by atoms with Gasteiger partial charge in [0.15, 0.2) is 0 Å². The van der Waals surface area contributed by atoms with Crippen molar-refractivity contribution >= 4 is 64.1 Å². The molecule has 3 amide bonds. The van der Waals surface area contributed by atoms with E-state index in [1.54, 1.807) is 48.5 Å². The Bertz CT molecular complexity index is 1170. The fourth-order valence-electron chi connectivity index (χ4n) is 3.36. The van der Waals surface area contributed by atoms with E-state index in [1.807, 2.05) is 24.3 Å². The van der Waals surface area contributed by atoms with Crippen LogP contribution in [-0.2, 0) is 20.8 Å². The van der Waals surface area contributed by atoms with Crippen LogP contribution in [0, 0.1) is 0 Å². The summed E-state index contributed by atoms with van der Waals surface area (Å²) in [6.07, 6.45) is 0.362. The summed E-state index contributed by atoms with van der Waals surface area (Å²) in [7, 11) is 0. The predicted molar refractivity (Wildman–Crippen MR) is 128 cm³/mol. The monoisotopic (exact) mass is 484 g/mol. The SMILES string of the molecule is O=C(Cc1ccc(Cl)cc1)Nc1ccc(SC2CC(=O)N(c3cccc(Cl)c3)C2=O)cc1. The third kappa shape index (κ3) is 5.33. The fourth-order valence-corrected chi connectivity index (χ4v) is 4.72. The summed E-state index contributed by atoms with van der Waals surface area (Å²) in [5, 5.41) is 3.44. The van der Waals surface area contributed by atoms with Gasteiger partial charge in [-0.05, 0) is 60.2 Å². The highest BCUT2D eigenvalue weighted by Crippen LogP contribution is 2.35. The van der Waals surface area contributed by atoms with Crippen molar-refractivity contribution in [1.82, 2.24) is 0 Å². The van der Waals surface area contributed by atoms with Gasteiger partial charge in [0.1, 0.15) is 0 Å². The maximum absolute atomic E-state index is 12.8. The smallest absolute Gasteiger partial charge is 0.247 e. The van der Waals surface area contributed by atoms with Gasteiger partial charge in [-0.2, -0.15) is 0 Å². The first-order valence-corrected chi connectivity index (χ1v) is 11.5. The van der Waals surface area contributed by atoms with Crippen LogP contribution >= 0.6 is 35.0 Å². The van der Waals surface area contributed by atoms with Gasteiger partial charge in [-0.3, -0.25) is 14.4 Å². The lowest BCUT2D eigenvalue weighted by Gasteiger charge is -2.15. The number of thioether (sulfide) groups is 1. The maximum atomic E-state index is 12.8. The zero-order chi connectivity index (χ0) is 22.7. The van der Waals surface area contributed by atoms with Crippen LogP contribution in [0.25, 0.3) is 0 Å². The molecule has 1 N–H and O–H groups in total. The molecule has 1 aliphatic rings. The number of benzene rings is 3. The molecule has 3 aromatic rings. The topological polar surface area (TPSA) is 66.5 Å². The minimum Gasteiger partial charge on any atom is -0.326 e. The van der Waals surface area contributed by atoms with E-state index in [9.17, 15) is 14.4 Å². The van der Waals surface area contributed by atoms with E-state index >= 15 is 0 Å². The zero-order valence-corrected chi connectivity index (χ0v) is 19.1. The molecule has 1 saturated heterocycles. The van der Waals surface area contributed by atoms with E-state index in [0.29, 0.717) is 21.4 Å². The minimum absolute atomic E-state index is 0.121. The molecule has 1 heterocycles. The molecule has 4 rings (SSSR count). The van der Waals surface area contributed by atoms with Crippen molar-refractivity contribution in [2.24, 2.45) is 0 Å². The summed E-state index contributed by atoms with van der Waals surface area (Å²) in [4.78, 5) is 39.5. The zero-order valence-electron chi connectivity index (χ0n) is 16.8. The Morgan fingerprint density at radius 1 is 0.969 bits per heavy atom. The lowest BCUT2D eigenvalue weighted by Crippen LogP contribution is -2.31. The van der Waals surface area contributed by atoms with Gasteiger partial charge in [-0.25, -0.2) is 4.90 Å². The quantitative estimate of drug-likeness (QED) is 0.462. The number of carbonyl (C=O) groups excluding carboxylic acids is 3. The molecule has 0 radical (unpaired) electrons. The normalized spacial score (nSPS) is 15.8. The van der Waals surface area contributed by atoms with Crippen LogP contribution in [0.3, 0.4) is 0 Å². The second-order valence-electron chi connectivity index (χ2n) is 7.23. The number of nitrogens with zero attached hydrogens (tertiary/aromatic N) is 1. The van der Waals surface area contributed by atoms with E-state index in [-0.39, 0.29) is 30.6 Å². The van der Waals surface area contributed by atoms with Crippen molar-refractivity contribution in [2.75, 3.05) is 10.2 Å². The van der Waals surface area contributed by atoms with Crippen LogP contribution in [-0.4, -0.2) is 23.0 Å². The van der Waals surface area contributed by atoms with Crippen molar-refractivity contribution in [3.05, 3.63) is 88.4 Å². The van der Waals surface area contributed by atoms with Crippen LogP contribution in [0.1, 0.15) is 12.0 Å². The molecule has 162 valence electrons. The molecule has 0 saturated carbocycles. The van der Waals surface area contributed by atoms with Gasteiger partial charge in [0.2, 0.25) is 17.7 Å². The number of nitrogens with one attached hydrogen (secondary N) is 1. The average Bonchev–Trinajstić information content (AvgIpc) is 3.04. The first kappa shape index (κ1) is 22.4. The van der Waals surface area contributed by atoms with Crippen molar-refractivity contribution in [2.45, 2.75) is 23.0 Å². The van der Waals surface area contributed by atoms with E-state index in [4.69, 9.17) is 23.2 Å². The van der Waals surface area contributed by atoms with E-state index in [1.165, 1.54) is 16.7 Å². The van der Waals surface area contributed by atoms with Gasteiger partial charge < -0.3 is 5.32 Å². The number of imide groups is 1. The van der Waals surface area contributed by atoms with Crippen LogP contribution in [0.15, 0.2) is 77.7 Å². The molecule has 32 heavy (non-hydrogen) atoms. The molecule has 1 atom stereocenters. The summed E-state index contributed by atoms with van der Waals surface area (Å²) >= 11 is 13.2. The number of anilines is 2. The van der Waals surface area contributed by atoms with Crippen LogP contribution in [0.2, 0.25) is 10.0 Å². The lowest BCUT2D eigenvalue weighted by atomic mass is 10.1. The lowest BCUT2D eigenvalue weighted by molar-refractivity contribution is -0.121. The fraction of sp³-hybridized carbons (Fsp3) is 0.125. The van der Waals surface area contributed by atoms with Crippen LogP contribution in [0.4, 0.5) is 11.4 Å². The number of amides is 3. The standard InChI is InChI=1S/C24H18Cl2N2O3S/c25-16-6-4-15(5-7-16)12-22(29)27-18-8-10-20(11-9-18)32-21-14-23(30)28(24(21)31)19-3-1-2-17(26)13-19/h1-11,13,21H,12,14H2,(H,27,29). The summed E-state index contributed by atoms with van der Waals surface area (Å²) in [6.45, 7) is 0. The van der Waals surface area contributed by atoms with E-state index in [2.05, 4.69) is 5.32 Å². The van der Waals surface area contributed by atoms with Crippen LogP contribution < -0.4 is 10.2 Å². The molecule has 0 aliphatic carbocycles. The predicted octanol–water partition coefficient (Wildman–Crippen LogP) is 5.60. The Kier molecular flexibility index (Phi) is 6.84. The molecule has 0 aromatic heterocycles. The number of carbonyl (C=O) groups is 3. The molecular formula is C24H18Cl2N2O3S. The number of hydrogen-bond acceptors (Lipinski definition) is 4. The van der Waals surface area contributed by atoms with Gasteiger partial charge in [-0.15, -0.1) is 11.8 Å². The summed E-state index contributed by atoms with van der Waals surface area (Å²) in [6, 6.07) is 21.0. The summed E-state index contributed by atoms with van der Waals surface area (Å²) in [5.41, 5.74) is 2.00. The largest absolute Gasteiger partial charge is 0.326 e. The highest BCUT2D eigenvalue weighted by atomic mass is 35.5. The first-order chi connectivity index (χ1) is 15.4. The number of hydrogen-bond donors (Lipinski definition) is 1. The highest BCUT2D eigenvalue weighted by molar-refractivity contribution is 8.00. The number of halogens is 2. The maximum Gasteiger partial charge on any atom is 0.247 e. The van der Waals surface area contributed by atoms with Crippen molar-refractivity contribution in [3.8, 4) is 0 Å². The Labute approximate surface area is 199 Å². The molecule has 3 aromatic carbocycles. The Morgan fingerprint density at radius 2 is 1.69 bits per heavy atom. The van der Waals surface area contributed by atoms with Gasteiger partial charge in [0.05, 0.1) is 17.4 Å². The van der Waals surface area contributed by atoms with E-state index in [0.717, 1.165) is 10.5 Å². The molecule has 0 spiro atoms. The van der Waals surface area contributed by atoms with Crippen LogP contribution in [0.5, 0.6) is 0 Å². The second-order valence-corrected chi connectivity index (χ2v) is 9.38. The minimum atomic E-state index is -0.508. The molecule has 1 aliphatic heterocycles. The Balaban J connectivity index is 1.36. The first-order valence-electron chi connectivity index (χ1n) is 9.82. The average molecular weight is 485 g/mol. The summed E-state index contributed by atoms with van der Waals surface area (Å²) < 4.78 is 0. The molecule has 5 nitrogen and oxygen atoms in total. The van der Waals surface area contributed by atoms with Gasteiger partial charge >= 0.3 is 0 Å². The third-order valence-corrected chi connectivity index (χ3v) is 6.55. The molecule has 1 unspecified atom stereocenters. The van der Waals surface area contributed by atoms with Crippen molar-refractivity contribution in [3.63, 3.8) is 0 Å². The van der Waals surface area contributed by atoms with Crippen molar-refractivity contribution in [1.29, 1.82) is 0 Å². The van der Waals surface area contributed by atoms with Gasteiger partial charge in [0, 0.05) is 27.0 Å². The van der Waals surface area contributed by atoms with Gasteiger partial charge in [-0.1, -0.05) is 41.4 Å². The molecule has 1 fully saturated rings. The Hall–Kier alpha value is -2.80. The number of rotatable bonds is 6. The Morgan fingerprint density at radius 3 is 2.38 bits per heavy atom. The highest BCUT2D eigenvalue weighted by Gasteiger charge is 2.40. The summed E-state index contributed by atoms with van der Waals surface area (Å²) in [5.74, 6) is -0.648. The van der Waals surface area contributed by atoms with Gasteiger partial charge in [0.25, 0.3) is 0 Å².